The molecule has 2 atom stereocenters. The molecule has 1 saturated heterocycles. The summed E-state index contributed by atoms with van der Waals surface area (Å²) in [4.78, 5) is 14.7. The lowest BCUT2D eigenvalue weighted by Crippen LogP contribution is -2.61. The summed E-state index contributed by atoms with van der Waals surface area (Å²) >= 11 is 0. The Kier molecular flexibility index (Phi) is 6.54. The Morgan fingerprint density at radius 1 is 1.33 bits per heavy atom. The summed E-state index contributed by atoms with van der Waals surface area (Å²) in [6.07, 6.45) is 5.57. The molecule has 2 rings (SSSR count). The summed E-state index contributed by atoms with van der Waals surface area (Å²) in [5.41, 5.74) is -0.558. The van der Waals surface area contributed by atoms with Crippen LogP contribution in [0.25, 0.3) is 0 Å². The predicted molar refractivity (Wildman–Crippen MR) is 98.3 cm³/mol. The Bertz CT molecular complexity index is 415. The van der Waals surface area contributed by atoms with Crippen LogP contribution in [0.1, 0.15) is 66.7 Å². The maximum Gasteiger partial charge on any atom is 0.408 e. The highest BCUT2D eigenvalue weighted by molar-refractivity contribution is 5.69. The molecule has 140 valence electrons. The Morgan fingerprint density at radius 3 is 2.58 bits per heavy atom. The van der Waals surface area contributed by atoms with Crippen molar-refractivity contribution in [3.8, 4) is 0 Å². The fourth-order valence-electron chi connectivity index (χ4n) is 3.78. The highest BCUT2D eigenvalue weighted by atomic mass is 16.6. The number of piperidine rings is 1. The average Bonchev–Trinajstić information content (AvgIpc) is 2.47. The van der Waals surface area contributed by atoms with Gasteiger partial charge in [-0.3, -0.25) is 0 Å². The van der Waals surface area contributed by atoms with Crippen molar-refractivity contribution < 1.29 is 9.53 Å². The Labute approximate surface area is 147 Å². The zero-order valence-corrected chi connectivity index (χ0v) is 16.3. The molecule has 1 amide bonds. The predicted octanol–water partition coefficient (Wildman–Crippen LogP) is 3.14. The molecular formula is C19H37N3O2. The van der Waals surface area contributed by atoms with Crippen molar-refractivity contribution in [2.45, 2.75) is 83.9 Å². The number of rotatable bonds is 6. The molecule has 24 heavy (non-hydrogen) atoms. The summed E-state index contributed by atoms with van der Waals surface area (Å²) < 4.78 is 5.44. The van der Waals surface area contributed by atoms with E-state index in [0.29, 0.717) is 12.0 Å². The molecule has 2 unspecified atom stereocenters. The van der Waals surface area contributed by atoms with Gasteiger partial charge in [-0.05, 0) is 78.8 Å². The molecule has 0 aromatic carbocycles. The lowest BCUT2D eigenvalue weighted by molar-refractivity contribution is 0.0373. The number of hydrogen-bond donors (Lipinski definition) is 2. The fourth-order valence-corrected chi connectivity index (χ4v) is 3.78. The van der Waals surface area contributed by atoms with Gasteiger partial charge in [0, 0.05) is 19.1 Å². The van der Waals surface area contributed by atoms with Gasteiger partial charge in [0.25, 0.3) is 0 Å². The summed E-state index contributed by atoms with van der Waals surface area (Å²) in [6, 6.07) is 0.484. The van der Waals surface area contributed by atoms with Crippen molar-refractivity contribution in [1.29, 1.82) is 0 Å². The third-order valence-corrected chi connectivity index (χ3v) is 5.54. The largest absolute Gasteiger partial charge is 0.444 e. The molecular weight excluding hydrogens is 302 g/mol. The molecule has 1 heterocycles. The molecule has 0 aromatic heterocycles. The van der Waals surface area contributed by atoms with Crippen LogP contribution in [-0.2, 0) is 4.74 Å². The number of nitrogens with zero attached hydrogens (tertiary/aromatic N) is 1. The van der Waals surface area contributed by atoms with Crippen LogP contribution in [0.4, 0.5) is 4.79 Å². The maximum atomic E-state index is 12.1. The van der Waals surface area contributed by atoms with Gasteiger partial charge in [0.05, 0.1) is 5.54 Å². The Hall–Kier alpha value is -0.810. The van der Waals surface area contributed by atoms with Gasteiger partial charge in [-0.15, -0.1) is 0 Å². The summed E-state index contributed by atoms with van der Waals surface area (Å²) in [5, 5.41) is 6.84. The van der Waals surface area contributed by atoms with Crippen LogP contribution >= 0.6 is 0 Å². The lowest BCUT2D eigenvalue weighted by Gasteiger charge is -2.44. The van der Waals surface area contributed by atoms with Crippen molar-refractivity contribution in [1.82, 2.24) is 15.5 Å². The standard InChI is InChI=1S/C19H37N3O2/c1-6-22-12-7-9-16(13-22)15(2)20-14-19(10-8-11-19)21-17(23)24-18(3,4)5/h15-16,20H,6-14H2,1-5H3,(H,21,23). The Morgan fingerprint density at radius 2 is 2.04 bits per heavy atom. The average molecular weight is 340 g/mol. The zero-order chi connectivity index (χ0) is 17.8. The van der Waals surface area contributed by atoms with Gasteiger partial charge in [0.2, 0.25) is 0 Å². The maximum absolute atomic E-state index is 12.1. The lowest BCUT2D eigenvalue weighted by atomic mass is 9.76. The van der Waals surface area contributed by atoms with E-state index in [4.69, 9.17) is 4.74 Å². The molecule has 0 bridgehead atoms. The van der Waals surface area contributed by atoms with Crippen LogP contribution in [0.3, 0.4) is 0 Å². The number of hydrogen-bond acceptors (Lipinski definition) is 4. The molecule has 0 radical (unpaired) electrons. The summed E-state index contributed by atoms with van der Waals surface area (Å²) in [5.74, 6) is 0.706. The van der Waals surface area contributed by atoms with Crippen LogP contribution in [0.2, 0.25) is 0 Å². The van der Waals surface area contributed by atoms with Gasteiger partial charge in [0.1, 0.15) is 5.60 Å². The number of carbonyl (C=O) groups is 1. The summed E-state index contributed by atoms with van der Waals surface area (Å²) in [7, 11) is 0. The van der Waals surface area contributed by atoms with Gasteiger partial charge < -0.3 is 20.3 Å². The highest BCUT2D eigenvalue weighted by Crippen LogP contribution is 2.32. The van der Waals surface area contributed by atoms with E-state index < -0.39 is 5.60 Å². The molecule has 2 N–H and O–H groups in total. The molecule has 0 spiro atoms. The quantitative estimate of drug-likeness (QED) is 0.780. The number of carbonyl (C=O) groups excluding carboxylic acids is 1. The van der Waals surface area contributed by atoms with Crippen molar-refractivity contribution in [2.24, 2.45) is 5.92 Å². The zero-order valence-electron chi connectivity index (χ0n) is 16.3. The SMILES string of the molecule is CCN1CCCC(C(C)NCC2(NC(=O)OC(C)(C)C)CCC2)C1. The number of nitrogens with one attached hydrogen (secondary N) is 2. The third-order valence-electron chi connectivity index (χ3n) is 5.54. The van der Waals surface area contributed by atoms with Gasteiger partial charge in [-0.1, -0.05) is 6.92 Å². The van der Waals surface area contributed by atoms with Crippen molar-refractivity contribution >= 4 is 6.09 Å². The van der Waals surface area contributed by atoms with E-state index in [9.17, 15) is 4.79 Å². The normalized spacial score (nSPS) is 25.6. The molecule has 0 aromatic rings. The van der Waals surface area contributed by atoms with E-state index in [2.05, 4.69) is 29.4 Å². The first-order valence-corrected chi connectivity index (χ1v) is 9.70. The van der Waals surface area contributed by atoms with Crippen molar-refractivity contribution in [2.75, 3.05) is 26.2 Å². The molecule has 2 aliphatic rings. The summed E-state index contributed by atoms with van der Waals surface area (Å²) in [6.45, 7) is 14.7. The van der Waals surface area contributed by atoms with Gasteiger partial charge in [0.15, 0.2) is 0 Å². The van der Waals surface area contributed by atoms with E-state index in [-0.39, 0.29) is 11.6 Å². The fraction of sp³-hybridized carbons (Fsp3) is 0.947. The second kappa shape index (κ2) is 8.05. The molecule has 1 saturated carbocycles. The first kappa shape index (κ1) is 19.5. The molecule has 1 aliphatic carbocycles. The minimum Gasteiger partial charge on any atom is -0.444 e. The molecule has 2 fully saturated rings. The van der Waals surface area contributed by atoms with Gasteiger partial charge >= 0.3 is 6.09 Å². The first-order valence-electron chi connectivity index (χ1n) is 9.70. The van der Waals surface area contributed by atoms with Gasteiger partial charge in [-0.25, -0.2) is 4.79 Å². The van der Waals surface area contributed by atoms with E-state index in [1.165, 1.54) is 32.4 Å². The van der Waals surface area contributed by atoms with Crippen molar-refractivity contribution in [3.63, 3.8) is 0 Å². The van der Waals surface area contributed by atoms with Crippen LogP contribution < -0.4 is 10.6 Å². The van der Waals surface area contributed by atoms with E-state index in [1.807, 2.05) is 20.8 Å². The van der Waals surface area contributed by atoms with E-state index in [0.717, 1.165) is 25.9 Å². The number of likely N-dealkylation sites (tertiary alicyclic amines) is 1. The second-order valence-corrected chi connectivity index (χ2v) is 8.73. The van der Waals surface area contributed by atoms with E-state index >= 15 is 0 Å². The monoisotopic (exact) mass is 339 g/mol. The number of amides is 1. The second-order valence-electron chi connectivity index (χ2n) is 8.73. The molecule has 5 nitrogen and oxygen atoms in total. The van der Waals surface area contributed by atoms with Crippen molar-refractivity contribution in [3.05, 3.63) is 0 Å². The van der Waals surface area contributed by atoms with E-state index in [1.54, 1.807) is 0 Å². The Balaban J connectivity index is 1.81. The smallest absolute Gasteiger partial charge is 0.408 e. The highest BCUT2D eigenvalue weighted by Gasteiger charge is 2.40. The van der Waals surface area contributed by atoms with Crippen LogP contribution in [-0.4, -0.2) is 54.4 Å². The first-order chi connectivity index (χ1) is 11.2. The number of alkyl carbamates (subject to hydrolysis) is 1. The van der Waals surface area contributed by atoms with Gasteiger partial charge in [-0.2, -0.15) is 0 Å². The molecule has 1 aliphatic heterocycles. The topological polar surface area (TPSA) is 53.6 Å². The minimum absolute atomic E-state index is 0.115. The molecule has 5 heteroatoms. The third kappa shape index (κ3) is 5.62. The minimum atomic E-state index is -0.443. The number of ether oxygens (including phenoxy) is 1. The van der Waals surface area contributed by atoms with Crippen LogP contribution in [0.5, 0.6) is 0 Å². The van der Waals surface area contributed by atoms with Crippen LogP contribution in [0.15, 0.2) is 0 Å². The van der Waals surface area contributed by atoms with Crippen LogP contribution in [0, 0.1) is 5.92 Å².